The fourth-order valence-corrected chi connectivity index (χ4v) is 2.90. The molecule has 106 valence electrons. The average Bonchev–Trinajstić information content (AvgIpc) is 2.81. The van der Waals surface area contributed by atoms with Gasteiger partial charge in [0.05, 0.1) is 12.5 Å². The fraction of sp³-hybridized carbons (Fsp3) is 0.933. The molecule has 1 aliphatic rings. The second-order valence-electron chi connectivity index (χ2n) is 6.95. The molecule has 1 saturated carbocycles. The van der Waals surface area contributed by atoms with E-state index < -0.39 is 5.41 Å². The summed E-state index contributed by atoms with van der Waals surface area (Å²) in [6, 6.07) is 0. The van der Waals surface area contributed by atoms with Crippen LogP contribution < -0.4 is 5.32 Å². The topological polar surface area (TPSA) is 38.3 Å². The van der Waals surface area contributed by atoms with E-state index in [0.29, 0.717) is 12.0 Å². The van der Waals surface area contributed by atoms with E-state index in [1.165, 1.54) is 32.8 Å². The Labute approximate surface area is 112 Å². The van der Waals surface area contributed by atoms with Gasteiger partial charge in [0.1, 0.15) is 0 Å². The number of methoxy groups -OCH3 is 1. The molecule has 0 aromatic rings. The van der Waals surface area contributed by atoms with Crippen LogP contribution in [0.1, 0.15) is 53.4 Å². The highest BCUT2D eigenvalue weighted by Crippen LogP contribution is 2.39. The average molecular weight is 255 g/mol. The van der Waals surface area contributed by atoms with Crippen LogP contribution in [0.5, 0.6) is 0 Å². The summed E-state index contributed by atoms with van der Waals surface area (Å²) in [6.07, 6.45) is 5.47. The lowest BCUT2D eigenvalue weighted by atomic mass is 9.77. The maximum absolute atomic E-state index is 11.6. The van der Waals surface area contributed by atoms with E-state index in [0.717, 1.165) is 12.5 Å². The molecule has 1 N–H and O–H groups in total. The first-order valence-corrected chi connectivity index (χ1v) is 7.09. The number of nitrogens with one attached hydrogen (secondary N) is 1. The number of ether oxygens (including phenoxy) is 1. The third-order valence-corrected chi connectivity index (χ3v) is 4.35. The van der Waals surface area contributed by atoms with Crippen molar-refractivity contribution in [2.45, 2.75) is 53.4 Å². The molecular weight excluding hydrogens is 226 g/mol. The van der Waals surface area contributed by atoms with Gasteiger partial charge in [0.15, 0.2) is 0 Å². The zero-order valence-corrected chi connectivity index (χ0v) is 12.6. The van der Waals surface area contributed by atoms with Crippen LogP contribution in [0.3, 0.4) is 0 Å². The van der Waals surface area contributed by atoms with E-state index in [4.69, 9.17) is 4.74 Å². The van der Waals surface area contributed by atoms with Crippen LogP contribution in [-0.2, 0) is 9.53 Å². The molecule has 0 bridgehead atoms. The molecule has 0 aromatic heterocycles. The Hall–Kier alpha value is -0.570. The van der Waals surface area contributed by atoms with Crippen molar-refractivity contribution in [3.05, 3.63) is 0 Å². The summed E-state index contributed by atoms with van der Waals surface area (Å²) in [4.78, 5) is 11.6. The minimum Gasteiger partial charge on any atom is -0.469 e. The molecule has 1 rings (SSSR count). The molecule has 0 amide bonds. The van der Waals surface area contributed by atoms with Crippen molar-refractivity contribution >= 4 is 5.97 Å². The summed E-state index contributed by atoms with van der Waals surface area (Å²) in [5, 5.41) is 3.46. The Bertz CT molecular complexity index is 278. The molecule has 1 fully saturated rings. The summed E-state index contributed by atoms with van der Waals surface area (Å²) in [5.41, 5.74) is -0.122. The molecular formula is C15H29NO2. The lowest BCUT2D eigenvalue weighted by Crippen LogP contribution is -2.42. The molecule has 18 heavy (non-hydrogen) atoms. The van der Waals surface area contributed by atoms with Crippen molar-refractivity contribution in [3.63, 3.8) is 0 Å². The van der Waals surface area contributed by atoms with Crippen molar-refractivity contribution in [2.24, 2.45) is 16.7 Å². The maximum atomic E-state index is 11.6. The van der Waals surface area contributed by atoms with Gasteiger partial charge in [0, 0.05) is 13.1 Å². The van der Waals surface area contributed by atoms with E-state index >= 15 is 0 Å². The van der Waals surface area contributed by atoms with Gasteiger partial charge in [-0.25, -0.2) is 0 Å². The van der Waals surface area contributed by atoms with E-state index in [-0.39, 0.29) is 5.97 Å². The highest BCUT2D eigenvalue weighted by atomic mass is 16.5. The predicted octanol–water partition coefficient (Wildman–Crippen LogP) is 2.99. The van der Waals surface area contributed by atoms with Gasteiger partial charge in [-0.3, -0.25) is 4.79 Å². The fourth-order valence-electron chi connectivity index (χ4n) is 2.90. The SMILES string of the molecule is COC(=O)C(C)(C)CNCC(C)(C)C1CCCC1. The third kappa shape index (κ3) is 3.98. The van der Waals surface area contributed by atoms with Gasteiger partial charge in [-0.1, -0.05) is 26.7 Å². The Kier molecular flexibility index (Phi) is 5.20. The first-order valence-electron chi connectivity index (χ1n) is 7.09. The van der Waals surface area contributed by atoms with Crippen LogP contribution in [0.2, 0.25) is 0 Å². The summed E-state index contributed by atoms with van der Waals surface area (Å²) in [7, 11) is 1.45. The Morgan fingerprint density at radius 1 is 1.17 bits per heavy atom. The zero-order chi connectivity index (χ0) is 13.8. The molecule has 0 aliphatic heterocycles. The van der Waals surface area contributed by atoms with Crippen LogP contribution in [0.4, 0.5) is 0 Å². The second-order valence-corrected chi connectivity index (χ2v) is 6.95. The molecule has 1 aliphatic carbocycles. The number of rotatable bonds is 6. The molecule has 0 saturated heterocycles. The van der Waals surface area contributed by atoms with Gasteiger partial charge in [-0.15, -0.1) is 0 Å². The van der Waals surface area contributed by atoms with E-state index in [2.05, 4.69) is 19.2 Å². The van der Waals surface area contributed by atoms with Crippen LogP contribution in [0, 0.1) is 16.7 Å². The van der Waals surface area contributed by atoms with E-state index in [1.54, 1.807) is 0 Å². The quantitative estimate of drug-likeness (QED) is 0.742. The van der Waals surface area contributed by atoms with E-state index in [9.17, 15) is 4.79 Å². The molecule has 0 spiro atoms. The Morgan fingerprint density at radius 2 is 1.72 bits per heavy atom. The normalized spacial score (nSPS) is 18.1. The standard InChI is InChI=1S/C15H29NO2/c1-14(2,12-8-6-7-9-12)10-16-11-15(3,4)13(17)18-5/h12,16H,6-11H2,1-5H3. The van der Waals surface area contributed by atoms with Gasteiger partial charge in [-0.2, -0.15) is 0 Å². The first kappa shape index (κ1) is 15.5. The number of hydrogen-bond donors (Lipinski definition) is 1. The van der Waals surface area contributed by atoms with Crippen molar-refractivity contribution in [2.75, 3.05) is 20.2 Å². The molecule has 3 nitrogen and oxygen atoms in total. The number of carbonyl (C=O) groups excluding carboxylic acids is 1. The van der Waals surface area contributed by atoms with Crippen molar-refractivity contribution in [1.82, 2.24) is 5.32 Å². The second kappa shape index (κ2) is 6.05. The zero-order valence-electron chi connectivity index (χ0n) is 12.6. The highest BCUT2D eigenvalue weighted by molar-refractivity contribution is 5.76. The summed E-state index contributed by atoms with van der Waals surface area (Å²) >= 11 is 0. The monoisotopic (exact) mass is 255 g/mol. The van der Waals surface area contributed by atoms with E-state index in [1.807, 2.05) is 13.8 Å². The number of carbonyl (C=O) groups is 1. The number of hydrogen-bond acceptors (Lipinski definition) is 3. The lowest BCUT2D eigenvalue weighted by Gasteiger charge is -2.33. The summed E-state index contributed by atoms with van der Waals surface area (Å²) in [5.74, 6) is 0.680. The van der Waals surface area contributed by atoms with Gasteiger partial charge in [-0.05, 0) is 38.0 Å². The highest BCUT2D eigenvalue weighted by Gasteiger charge is 2.33. The largest absolute Gasteiger partial charge is 0.469 e. The molecule has 0 unspecified atom stereocenters. The van der Waals surface area contributed by atoms with Gasteiger partial charge in [0.25, 0.3) is 0 Å². The lowest BCUT2D eigenvalue weighted by molar-refractivity contribution is -0.150. The van der Waals surface area contributed by atoms with Crippen LogP contribution in [-0.4, -0.2) is 26.2 Å². The van der Waals surface area contributed by atoms with Gasteiger partial charge >= 0.3 is 5.97 Å². The van der Waals surface area contributed by atoms with Crippen molar-refractivity contribution in [3.8, 4) is 0 Å². The predicted molar refractivity (Wildman–Crippen MR) is 74.4 cm³/mol. The van der Waals surface area contributed by atoms with Crippen LogP contribution in [0.15, 0.2) is 0 Å². The minimum absolute atomic E-state index is 0.145. The smallest absolute Gasteiger partial charge is 0.312 e. The van der Waals surface area contributed by atoms with Crippen LogP contribution in [0.25, 0.3) is 0 Å². The molecule has 0 atom stereocenters. The van der Waals surface area contributed by atoms with Crippen LogP contribution >= 0.6 is 0 Å². The third-order valence-electron chi connectivity index (χ3n) is 4.35. The first-order chi connectivity index (χ1) is 8.29. The minimum atomic E-state index is -0.444. The Balaban J connectivity index is 2.38. The summed E-state index contributed by atoms with van der Waals surface area (Å²) in [6.45, 7) is 10.2. The molecule has 0 heterocycles. The molecule has 0 aromatic carbocycles. The maximum Gasteiger partial charge on any atom is 0.312 e. The van der Waals surface area contributed by atoms with Gasteiger partial charge < -0.3 is 10.1 Å². The molecule has 3 heteroatoms. The Morgan fingerprint density at radius 3 is 2.22 bits per heavy atom. The molecule has 0 radical (unpaired) electrons. The van der Waals surface area contributed by atoms with Gasteiger partial charge in [0.2, 0.25) is 0 Å². The number of esters is 1. The van der Waals surface area contributed by atoms with Crippen molar-refractivity contribution in [1.29, 1.82) is 0 Å². The van der Waals surface area contributed by atoms with Crippen molar-refractivity contribution < 1.29 is 9.53 Å². The summed E-state index contributed by atoms with van der Waals surface area (Å²) < 4.78 is 4.82.